The average molecular weight is 362 g/mol. The Morgan fingerprint density at radius 2 is 1.90 bits per heavy atom. The first-order chi connectivity index (χ1) is 9.91. The van der Waals surface area contributed by atoms with Crippen molar-refractivity contribution in [3.8, 4) is 0 Å². The first kappa shape index (κ1) is 14.8. The van der Waals surface area contributed by atoms with Crippen molar-refractivity contribution in [3.05, 3.63) is 44.6 Å². The average Bonchev–Trinajstić information content (AvgIpc) is 2.79. The minimum absolute atomic E-state index is 0.0247. The Balaban J connectivity index is 2.15. The Morgan fingerprint density at radius 3 is 2.57 bits per heavy atom. The van der Waals surface area contributed by atoms with Crippen LogP contribution >= 0.6 is 34.5 Å². The van der Waals surface area contributed by atoms with Crippen molar-refractivity contribution in [2.45, 2.75) is 11.3 Å². The minimum Gasteiger partial charge on any atom is -0.294 e. The summed E-state index contributed by atoms with van der Waals surface area (Å²) < 4.78 is 27.2. The van der Waals surface area contributed by atoms with Crippen LogP contribution in [0.4, 0.5) is 5.69 Å². The van der Waals surface area contributed by atoms with Gasteiger partial charge < -0.3 is 0 Å². The molecule has 110 valence electrons. The van der Waals surface area contributed by atoms with Crippen molar-refractivity contribution in [1.82, 2.24) is 0 Å². The number of halogens is 2. The molecule has 0 saturated carbocycles. The number of thiophene rings is 1. The molecule has 0 unspecified atom stereocenters. The van der Waals surface area contributed by atoms with Crippen LogP contribution in [0.1, 0.15) is 16.8 Å². The molecule has 0 fully saturated rings. The Labute approximate surface area is 136 Å². The molecule has 0 spiro atoms. The molecule has 1 aliphatic rings. The molecule has 0 N–H and O–H groups in total. The van der Waals surface area contributed by atoms with E-state index in [9.17, 15) is 13.2 Å². The van der Waals surface area contributed by atoms with Crippen LogP contribution in [-0.2, 0) is 10.0 Å². The molecule has 2 heterocycles. The standard InChI is InChI=1S/C13H9Cl2NO3S2/c14-12-7-11(13(15)20-12)21(18,19)16-6-5-10(17)8-3-1-2-4-9(8)16/h1-4,7H,5-6H2. The Kier molecular flexibility index (Phi) is 3.73. The fraction of sp³-hybridized carbons (Fsp3) is 0.154. The number of fused-ring (bicyclic) bond motifs is 1. The second-order valence-corrected chi connectivity index (χ2v) is 8.57. The molecule has 21 heavy (non-hydrogen) atoms. The topological polar surface area (TPSA) is 54.5 Å². The van der Waals surface area contributed by atoms with Crippen LogP contribution in [0.5, 0.6) is 0 Å². The number of ketones is 1. The van der Waals surface area contributed by atoms with Gasteiger partial charge in [-0.1, -0.05) is 35.3 Å². The number of sulfonamides is 1. The van der Waals surface area contributed by atoms with Crippen LogP contribution in [-0.4, -0.2) is 20.7 Å². The SMILES string of the molecule is O=C1CCN(S(=O)(=O)c2cc(Cl)sc2Cl)c2ccccc21. The fourth-order valence-corrected chi connectivity index (χ4v) is 5.85. The van der Waals surface area contributed by atoms with Crippen molar-refractivity contribution in [2.24, 2.45) is 0 Å². The van der Waals surface area contributed by atoms with Gasteiger partial charge in [-0.05, 0) is 18.2 Å². The lowest BCUT2D eigenvalue weighted by Crippen LogP contribution is -2.37. The summed E-state index contributed by atoms with van der Waals surface area (Å²) in [7, 11) is -3.83. The highest BCUT2D eigenvalue weighted by molar-refractivity contribution is 7.93. The van der Waals surface area contributed by atoms with E-state index in [2.05, 4.69) is 0 Å². The molecule has 2 aromatic rings. The van der Waals surface area contributed by atoms with E-state index in [0.29, 0.717) is 15.6 Å². The Bertz CT molecular complexity index is 830. The number of anilines is 1. The van der Waals surface area contributed by atoms with E-state index in [1.165, 1.54) is 10.4 Å². The van der Waals surface area contributed by atoms with Gasteiger partial charge in [-0.2, -0.15) is 0 Å². The monoisotopic (exact) mass is 361 g/mol. The van der Waals surface area contributed by atoms with E-state index in [1.807, 2.05) is 0 Å². The number of para-hydroxylation sites is 1. The summed E-state index contributed by atoms with van der Waals surface area (Å²) in [5, 5.41) is 0. The van der Waals surface area contributed by atoms with Crippen molar-refractivity contribution in [1.29, 1.82) is 0 Å². The zero-order chi connectivity index (χ0) is 15.2. The summed E-state index contributed by atoms with van der Waals surface area (Å²) >= 11 is 12.8. The largest absolute Gasteiger partial charge is 0.294 e. The summed E-state index contributed by atoms with van der Waals surface area (Å²) in [5.41, 5.74) is 0.789. The number of Topliss-reactive ketones (excluding diaryl/α,β-unsaturated/α-hetero) is 1. The maximum atomic E-state index is 12.8. The number of rotatable bonds is 2. The summed E-state index contributed by atoms with van der Waals surface area (Å²) in [5.74, 6) is -0.0634. The molecule has 0 bridgehead atoms. The predicted molar refractivity (Wildman–Crippen MR) is 84.3 cm³/mol. The van der Waals surface area contributed by atoms with Crippen molar-refractivity contribution < 1.29 is 13.2 Å². The molecular formula is C13H9Cl2NO3S2. The maximum Gasteiger partial charge on any atom is 0.266 e. The predicted octanol–water partition coefficient (Wildman–Crippen LogP) is 3.84. The van der Waals surface area contributed by atoms with Gasteiger partial charge in [0, 0.05) is 18.5 Å². The normalized spacial score (nSPS) is 15.1. The highest BCUT2D eigenvalue weighted by atomic mass is 35.5. The zero-order valence-corrected chi connectivity index (χ0v) is 13.7. The van der Waals surface area contributed by atoms with E-state index >= 15 is 0 Å². The van der Waals surface area contributed by atoms with Crippen LogP contribution in [0.2, 0.25) is 8.67 Å². The van der Waals surface area contributed by atoms with E-state index in [4.69, 9.17) is 23.2 Å². The van der Waals surface area contributed by atoms with Crippen molar-refractivity contribution >= 4 is 56.0 Å². The van der Waals surface area contributed by atoms with Gasteiger partial charge in [-0.15, -0.1) is 11.3 Å². The first-order valence-electron chi connectivity index (χ1n) is 6.01. The summed E-state index contributed by atoms with van der Waals surface area (Å²) in [6, 6.07) is 7.99. The molecule has 3 rings (SSSR count). The van der Waals surface area contributed by atoms with Crippen LogP contribution in [0.25, 0.3) is 0 Å². The fourth-order valence-electron chi connectivity index (χ4n) is 2.25. The van der Waals surface area contributed by atoms with E-state index in [0.717, 1.165) is 11.3 Å². The molecule has 0 radical (unpaired) electrons. The second kappa shape index (κ2) is 5.28. The van der Waals surface area contributed by atoms with E-state index < -0.39 is 10.0 Å². The molecule has 0 saturated heterocycles. The maximum absolute atomic E-state index is 12.8. The van der Waals surface area contributed by atoms with Crippen LogP contribution < -0.4 is 4.31 Å². The molecule has 1 aliphatic heterocycles. The number of hydrogen-bond donors (Lipinski definition) is 0. The lowest BCUT2D eigenvalue weighted by Gasteiger charge is -2.29. The highest BCUT2D eigenvalue weighted by Crippen LogP contribution is 2.39. The van der Waals surface area contributed by atoms with Crippen LogP contribution in [0, 0.1) is 0 Å². The first-order valence-corrected chi connectivity index (χ1v) is 9.02. The number of nitrogens with zero attached hydrogens (tertiary/aromatic N) is 1. The second-order valence-electron chi connectivity index (χ2n) is 4.46. The van der Waals surface area contributed by atoms with Crippen molar-refractivity contribution in [3.63, 3.8) is 0 Å². The lowest BCUT2D eigenvalue weighted by atomic mass is 10.0. The molecule has 1 aromatic heterocycles. The summed E-state index contributed by atoms with van der Waals surface area (Å²) in [4.78, 5) is 11.9. The summed E-state index contributed by atoms with van der Waals surface area (Å²) in [6.45, 7) is 0.0992. The van der Waals surface area contributed by atoms with Gasteiger partial charge in [0.25, 0.3) is 10.0 Å². The highest BCUT2D eigenvalue weighted by Gasteiger charge is 2.34. The zero-order valence-electron chi connectivity index (χ0n) is 10.5. The van der Waals surface area contributed by atoms with Crippen LogP contribution in [0.15, 0.2) is 35.2 Å². The minimum atomic E-state index is -3.83. The molecule has 0 aliphatic carbocycles. The molecule has 4 nitrogen and oxygen atoms in total. The van der Waals surface area contributed by atoms with E-state index in [1.54, 1.807) is 24.3 Å². The smallest absolute Gasteiger partial charge is 0.266 e. The molecule has 1 aromatic carbocycles. The van der Waals surface area contributed by atoms with Gasteiger partial charge in [-0.3, -0.25) is 9.10 Å². The lowest BCUT2D eigenvalue weighted by molar-refractivity contribution is 0.0982. The molecular weight excluding hydrogens is 353 g/mol. The van der Waals surface area contributed by atoms with Gasteiger partial charge in [-0.25, -0.2) is 8.42 Å². The Hall–Kier alpha value is -1.08. The molecule has 0 atom stereocenters. The van der Waals surface area contributed by atoms with Crippen LogP contribution in [0.3, 0.4) is 0 Å². The third kappa shape index (κ3) is 2.46. The van der Waals surface area contributed by atoms with Gasteiger partial charge in [0.1, 0.15) is 9.23 Å². The number of carbonyl (C=O) groups is 1. The van der Waals surface area contributed by atoms with Gasteiger partial charge in [0.05, 0.1) is 10.0 Å². The van der Waals surface area contributed by atoms with Gasteiger partial charge >= 0.3 is 0 Å². The number of hydrogen-bond acceptors (Lipinski definition) is 4. The Morgan fingerprint density at radius 1 is 1.19 bits per heavy atom. The summed E-state index contributed by atoms with van der Waals surface area (Å²) in [6.07, 6.45) is 0.145. The third-order valence-corrected chi connectivity index (χ3v) is 6.77. The molecule has 8 heteroatoms. The van der Waals surface area contributed by atoms with Crippen molar-refractivity contribution in [2.75, 3.05) is 10.8 Å². The van der Waals surface area contributed by atoms with E-state index in [-0.39, 0.29) is 28.0 Å². The molecule has 0 amide bonds. The quantitative estimate of drug-likeness (QED) is 0.816. The number of carbonyl (C=O) groups excluding carboxylic acids is 1. The van der Waals surface area contributed by atoms with Gasteiger partial charge in [0.2, 0.25) is 0 Å². The van der Waals surface area contributed by atoms with Gasteiger partial charge in [0.15, 0.2) is 5.78 Å². The number of benzene rings is 1. The third-order valence-electron chi connectivity index (χ3n) is 3.21.